The van der Waals surface area contributed by atoms with Gasteiger partial charge in [0.1, 0.15) is 11.4 Å². The third-order valence-corrected chi connectivity index (χ3v) is 4.16. The molecule has 0 radical (unpaired) electrons. The first-order chi connectivity index (χ1) is 7.29. The molecule has 1 aliphatic rings. The molecule has 0 aromatic rings. The van der Waals surface area contributed by atoms with Crippen LogP contribution >= 0.6 is 0 Å². The average molecular weight is 229 g/mol. The first-order valence-electron chi connectivity index (χ1n) is 6.03. The molecule has 16 heavy (non-hydrogen) atoms. The van der Waals surface area contributed by atoms with Crippen molar-refractivity contribution >= 4 is 0 Å². The summed E-state index contributed by atoms with van der Waals surface area (Å²) in [6.07, 6.45) is 4.10. The molecular weight excluding hydrogens is 202 g/mol. The van der Waals surface area contributed by atoms with Gasteiger partial charge in [-0.15, -0.1) is 0 Å². The van der Waals surface area contributed by atoms with Crippen molar-refractivity contribution in [1.29, 1.82) is 0 Å². The predicted octanol–water partition coefficient (Wildman–Crippen LogP) is 0.630. The van der Waals surface area contributed by atoms with Gasteiger partial charge in [0.2, 0.25) is 0 Å². The Bertz CT molecular complexity index is 232. The summed E-state index contributed by atoms with van der Waals surface area (Å²) in [5.74, 6) is 0. The number of hydrogen-bond acceptors (Lipinski definition) is 4. The molecule has 0 aromatic heterocycles. The van der Waals surface area contributed by atoms with Crippen LogP contribution in [0.15, 0.2) is 0 Å². The van der Waals surface area contributed by atoms with Crippen molar-refractivity contribution in [3.8, 4) is 0 Å². The van der Waals surface area contributed by atoms with Gasteiger partial charge in [-0.05, 0) is 68.0 Å². The van der Waals surface area contributed by atoms with Crippen LogP contribution in [-0.2, 0) is 0 Å². The van der Waals surface area contributed by atoms with E-state index < -0.39 is 5.72 Å². The molecule has 0 aromatic carbocycles. The van der Waals surface area contributed by atoms with E-state index >= 15 is 0 Å². The van der Waals surface area contributed by atoms with Gasteiger partial charge in [0.15, 0.2) is 0 Å². The summed E-state index contributed by atoms with van der Waals surface area (Å²) >= 11 is 0. The molecule has 1 N–H and O–H groups in total. The molecule has 1 aliphatic carbocycles. The fourth-order valence-electron chi connectivity index (χ4n) is 3.29. The van der Waals surface area contributed by atoms with Crippen LogP contribution in [0.2, 0.25) is 0 Å². The summed E-state index contributed by atoms with van der Waals surface area (Å²) in [6.45, 7) is 0. The quantitative estimate of drug-likeness (QED) is 0.719. The van der Waals surface area contributed by atoms with Gasteiger partial charge < -0.3 is 5.11 Å². The van der Waals surface area contributed by atoms with Crippen molar-refractivity contribution in [2.45, 2.75) is 37.1 Å². The second-order valence-corrected chi connectivity index (χ2v) is 5.52. The van der Waals surface area contributed by atoms with Gasteiger partial charge in [0, 0.05) is 0 Å². The number of rotatable bonds is 3. The first kappa shape index (κ1) is 13.9. The predicted molar refractivity (Wildman–Crippen MR) is 67.2 cm³/mol. The zero-order chi connectivity index (χ0) is 12.6. The standard InChI is InChI=1S/C12H27N3O/c1-13(2)11(14(3)4)9-7-8-10-12(11,16)15(5)6/h16H,7-10H2,1-6H3. The SMILES string of the molecule is CN(C)C1(O)CCCCC1(N(C)C)N(C)C. The third kappa shape index (κ3) is 1.78. The normalized spacial score (nSPS) is 30.4. The molecule has 1 fully saturated rings. The smallest absolute Gasteiger partial charge is 0.150 e. The summed E-state index contributed by atoms with van der Waals surface area (Å²) in [6, 6.07) is 0. The van der Waals surface area contributed by atoms with Gasteiger partial charge in [-0.1, -0.05) is 0 Å². The van der Waals surface area contributed by atoms with E-state index in [0.717, 1.165) is 19.3 Å². The zero-order valence-corrected chi connectivity index (χ0v) is 11.6. The second kappa shape index (κ2) is 4.61. The number of aliphatic hydroxyl groups is 1. The maximum Gasteiger partial charge on any atom is 0.150 e. The molecule has 0 bridgehead atoms. The maximum absolute atomic E-state index is 11.0. The minimum Gasteiger partial charge on any atom is -0.372 e. The van der Waals surface area contributed by atoms with E-state index in [1.54, 1.807) is 0 Å². The highest BCUT2D eigenvalue weighted by atomic mass is 16.3. The van der Waals surface area contributed by atoms with E-state index in [1.807, 2.05) is 19.0 Å². The molecule has 1 rings (SSSR count). The van der Waals surface area contributed by atoms with E-state index in [0.29, 0.717) is 0 Å². The Morgan fingerprint density at radius 3 is 1.50 bits per heavy atom. The van der Waals surface area contributed by atoms with Crippen molar-refractivity contribution in [1.82, 2.24) is 14.7 Å². The van der Waals surface area contributed by atoms with Crippen LogP contribution in [-0.4, -0.2) is 73.5 Å². The van der Waals surface area contributed by atoms with E-state index in [1.165, 1.54) is 6.42 Å². The van der Waals surface area contributed by atoms with Gasteiger partial charge in [-0.2, -0.15) is 0 Å². The fraction of sp³-hybridized carbons (Fsp3) is 1.00. The van der Waals surface area contributed by atoms with Crippen LogP contribution in [0.4, 0.5) is 0 Å². The number of nitrogens with zero attached hydrogens (tertiary/aromatic N) is 3. The highest BCUT2D eigenvalue weighted by molar-refractivity contribution is 5.04. The summed E-state index contributed by atoms with van der Waals surface area (Å²) in [5.41, 5.74) is -1.08. The lowest BCUT2D eigenvalue weighted by molar-refractivity contribution is -0.250. The van der Waals surface area contributed by atoms with Gasteiger partial charge in [-0.3, -0.25) is 14.7 Å². The molecule has 96 valence electrons. The Hall–Kier alpha value is -0.160. The monoisotopic (exact) mass is 229 g/mol. The minimum absolute atomic E-state index is 0.297. The van der Waals surface area contributed by atoms with E-state index in [9.17, 15) is 5.11 Å². The Kier molecular flexibility index (Phi) is 4.00. The molecule has 0 spiro atoms. The van der Waals surface area contributed by atoms with Gasteiger partial charge in [-0.25, -0.2) is 0 Å². The Morgan fingerprint density at radius 2 is 1.19 bits per heavy atom. The van der Waals surface area contributed by atoms with E-state index in [2.05, 4.69) is 38.0 Å². The second-order valence-electron chi connectivity index (χ2n) is 5.52. The molecule has 4 nitrogen and oxygen atoms in total. The number of hydrogen-bond donors (Lipinski definition) is 1. The molecule has 1 atom stereocenters. The lowest BCUT2D eigenvalue weighted by atomic mass is 9.78. The van der Waals surface area contributed by atoms with Crippen LogP contribution in [0.25, 0.3) is 0 Å². The highest BCUT2D eigenvalue weighted by Gasteiger charge is 2.56. The summed E-state index contributed by atoms with van der Waals surface area (Å²) < 4.78 is 0. The molecule has 1 saturated carbocycles. The average Bonchev–Trinajstić information content (AvgIpc) is 2.17. The topological polar surface area (TPSA) is 30.0 Å². The molecule has 1 unspecified atom stereocenters. The van der Waals surface area contributed by atoms with E-state index in [4.69, 9.17) is 0 Å². The fourth-order valence-corrected chi connectivity index (χ4v) is 3.29. The van der Waals surface area contributed by atoms with Crippen molar-refractivity contribution < 1.29 is 5.11 Å². The first-order valence-corrected chi connectivity index (χ1v) is 6.03. The Morgan fingerprint density at radius 1 is 0.750 bits per heavy atom. The lowest BCUT2D eigenvalue weighted by Gasteiger charge is -2.59. The van der Waals surface area contributed by atoms with Crippen LogP contribution < -0.4 is 0 Å². The van der Waals surface area contributed by atoms with Gasteiger partial charge in [0.25, 0.3) is 0 Å². The van der Waals surface area contributed by atoms with Crippen molar-refractivity contribution in [2.75, 3.05) is 42.3 Å². The van der Waals surface area contributed by atoms with Gasteiger partial charge in [0.05, 0.1) is 0 Å². The Balaban J connectivity index is 3.20. The van der Waals surface area contributed by atoms with Gasteiger partial charge >= 0.3 is 0 Å². The maximum atomic E-state index is 11.0. The summed E-state index contributed by atoms with van der Waals surface area (Å²) in [4.78, 5) is 6.28. The molecule has 0 saturated heterocycles. The third-order valence-electron chi connectivity index (χ3n) is 4.16. The minimum atomic E-state index is -0.780. The zero-order valence-electron chi connectivity index (χ0n) is 11.6. The highest BCUT2D eigenvalue weighted by Crippen LogP contribution is 2.42. The molecule has 0 aliphatic heterocycles. The Labute approximate surface area is 99.8 Å². The van der Waals surface area contributed by atoms with Crippen LogP contribution in [0.5, 0.6) is 0 Å². The molecular formula is C12H27N3O. The largest absolute Gasteiger partial charge is 0.372 e. The van der Waals surface area contributed by atoms with Crippen LogP contribution in [0, 0.1) is 0 Å². The summed E-state index contributed by atoms with van der Waals surface area (Å²) in [5, 5.41) is 11.0. The molecule has 4 heteroatoms. The van der Waals surface area contributed by atoms with Crippen LogP contribution in [0.1, 0.15) is 25.7 Å². The van der Waals surface area contributed by atoms with Crippen LogP contribution in [0.3, 0.4) is 0 Å². The lowest BCUT2D eigenvalue weighted by Crippen LogP contribution is -2.75. The van der Waals surface area contributed by atoms with Crippen molar-refractivity contribution in [3.05, 3.63) is 0 Å². The number of likely N-dealkylation sites (N-methyl/N-ethyl adjacent to an activating group) is 3. The summed E-state index contributed by atoms with van der Waals surface area (Å²) in [7, 11) is 12.2. The molecule has 0 heterocycles. The van der Waals surface area contributed by atoms with Crippen molar-refractivity contribution in [3.63, 3.8) is 0 Å². The van der Waals surface area contributed by atoms with E-state index in [-0.39, 0.29) is 5.66 Å². The van der Waals surface area contributed by atoms with Crippen molar-refractivity contribution in [2.24, 2.45) is 0 Å². The molecule has 0 amide bonds.